The Morgan fingerprint density at radius 3 is 2.33 bits per heavy atom. The van der Waals surface area contributed by atoms with E-state index in [0.29, 0.717) is 5.56 Å². The summed E-state index contributed by atoms with van der Waals surface area (Å²) in [6.45, 7) is 0. The second-order valence-corrected chi connectivity index (χ2v) is 9.80. The molecule has 7 nitrogen and oxygen atoms in total. The zero-order valence-electron chi connectivity index (χ0n) is 16.4. The number of rotatable bonds is 5. The van der Waals surface area contributed by atoms with E-state index in [0.717, 1.165) is 48.8 Å². The van der Waals surface area contributed by atoms with E-state index in [9.17, 15) is 14.0 Å². The Hall–Kier alpha value is -2.42. The summed E-state index contributed by atoms with van der Waals surface area (Å²) in [5.74, 6) is 1.62. The molecule has 0 aliphatic heterocycles. The van der Waals surface area contributed by atoms with E-state index in [-0.39, 0.29) is 28.2 Å². The molecule has 1 aromatic heterocycles. The molecule has 6 rings (SSSR count). The van der Waals surface area contributed by atoms with E-state index < -0.39 is 11.9 Å². The van der Waals surface area contributed by atoms with Crippen molar-refractivity contribution in [2.24, 2.45) is 17.8 Å². The normalized spacial score (nSPS) is 29.0. The maximum absolute atomic E-state index is 13.0. The number of halogens is 1. The van der Waals surface area contributed by atoms with Crippen LogP contribution in [-0.2, 0) is 4.79 Å². The van der Waals surface area contributed by atoms with Crippen molar-refractivity contribution >= 4 is 23.7 Å². The second kappa shape index (κ2) is 7.68. The number of amides is 3. The summed E-state index contributed by atoms with van der Waals surface area (Å²) in [4.78, 5) is 24.6. The highest BCUT2D eigenvalue weighted by molar-refractivity contribution is 7.99. The average Bonchev–Trinajstić information content (AvgIpc) is 3.14. The number of carbonyl (C=O) groups excluding carboxylic acids is 2. The van der Waals surface area contributed by atoms with Crippen molar-refractivity contribution in [2.45, 2.75) is 49.3 Å². The highest BCUT2D eigenvalue weighted by Crippen LogP contribution is 2.55. The number of carbonyl (C=O) groups is 2. The van der Waals surface area contributed by atoms with Crippen LogP contribution in [-0.4, -0.2) is 33.4 Å². The maximum Gasteiger partial charge on any atom is 0.321 e. The number of hydrogen-bond donors (Lipinski definition) is 2. The van der Waals surface area contributed by atoms with Crippen molar-refractivity contribution in [3.05, 3.63) is 30.1 Å². The van der Waals surface area contributed by atoms with Crippen molar-refractivity contribution in [1.29, 1.82) is 0 Å². The molecule has 4 aliphatic carbocycles. The highest BCUT2D eigenvalue weighted by atomic mass is 32.2. The van der Waals surface area contributed by atoms with E-state index in [1.807, 2.05) is 0 Å². The molecule has 0 radical (unpaired) electrons. The number of hydrogen-bond acceptors (Lipinski definition) is 6. The van der Waals surface area contributed by atoms with Crippen LogP contribution in [0.2, 0.25) is 0 Å². The lowest BCUT2D eigenvalue weighted by Gasteiger charge is -2.56. The van der Waals surface area contributed by atoms with Gasteiger partial charge in [-0.05, 0) is 80.5 Å². The molecule has 3 amide bonds. The average molecular weight is 431 g/mol. The summed E-state index contributed by atoms with van der Waals surface area (Å²) in [6, 6.07) is 5.28. The molecule has 1 heterocycles. The van der Waals surface area contributed by atoms with Gasteiger partial charge in [-0.1, -0.05) is 11.8 Å². The highest BCUT2D eigenvalue weighted by Gasteiger charge is 2.51. The van der Waals surface area contributed by atoms with Crippen LogP contribution < -0.4 is 10.6 Å². The lowest BCUT2D eigenvalue weighted by atomic mass is 9.53. The van der Waals surface area contributed by atoms with E-state index in [2.05, 4.69) is 20.8 Å². The first-order valence-electron chi connectivity index (χ1n) is 10.3. The van der Waals surface area contributed by atoms with Gasteiger partial charge in [-0.2, -0.15) is 0 Å². The minimum absolute atomic E-state index is 0.0145. The predicted octanol–water partition coefficient (Wildman–Crippen LogP) is 3.76. The Bertz CT molecular complexity index is 926. The van der Waals surface area contributed by atoms with Crippen LogP contribution in [0.4, 0.5) is 9.18 Å². The van der Waals surface area contributed by atoms with Gasteiger partial charge in [-0.15, -0.1) is 10.2 Å². The largest absolute Gasteiger partial charge is 0.411 e. The summed E-state index contributed by atoms with van der Waals surface area (Å²) >= 11 is 1.05. The molecule has 2 aromatic rings. The SMILES string of the molecule is O=C(CSc1nnc(-c2ccc(F)cc2)o1)NC(=O)NC12CC3CC(CC(C3)C1)C2. The van der Waals surface area contributed by atoms with Crippen molar-refractivity contribution in [3.63, 3.8) is 0 Å². The minimum Gasteiger partial charge on any atom is -0.411 e. The maximum atomic E-state index is 13.0. The predicted molar refractivity (Wildman–Crippen MR) is 108 cm³/mol. The Balaban J connectivity index is 1.12. The number of aromatic nitrogens is 2. The van der Waals surface area contributed by atoms with Gasteiger partial charge in [0, 0.05) is 11.1 Å². The van der Waals surface area contributed by atoms with Crippen LogP contribution >= 0.6 is 11.8 Å². The van der Waals surface area contributed by atoms with Crippen LogP contribution in [0.3, 0.4) is 0 Å². The van der Waals surface area contributed by atoms with E-state index >= 15 is 0 Å². The summed E-state index contributed by atoms with van der Waals surface area (Å²) in [6.07, 6.45) is 6.98. The molecule has 0 spiro atoms. The molecular weight excluding hydrogens is 407 g/mol. The van der Waals surface area contributed by atoms with Crippen LogP contribution in [0.25, 0.3) is 11.5 Å². The number of imide groups is 1. The van der Waals surface area contributed by atoms with Crippen molar-refractivity contribution < 1.29 is 18.4 Å². The lowest BCUT2D eigenvalue weighted by molar-refractivity contribution is -0.117. The van der Waals surface area contributed by atoms with Gasteiger partial charge >= 0.3 is 6.03 Å². The molecule has 158 valence electrons. The molecule has 1 aromatic carbocycles. The molecule has 30 heavy (non-hydrogen) atoms. The molecule has 0 atom stereocenters. The molecule has 4 aliphatic rings. The van der Waals surface area contributed by atoms with Gasteiger partial charge in [0.05, 0.1) is 5.75 Å². The lowest BCUT2D eigenvalue weighted by Crippen LogP contribution is -2.61. The zero-order chi connectivity index (χ0) is 20.7. The van der Waals surface area contributed by atoms with Gasteiger partial charge in [0.15, 0.2) is 0 Å². The van der Waals surface area contributed by atoms with Crippen LogP contribution in [0.15, 0.2) is 33.9 Å². The Labute approximate surface area is 177 Å². The first-order valence-corrected chi connectivity index (χ1v) is 11.3. The smallest absolute Gasteiger partial charge is 0.321 e. The second-order valence-electron chi connectivity index (χ2n) is 8.87. The van der Waals surface area contributed by atoms with Gasteiger partial charge in [0.2, 0.25) is 11.8 Å². The minimum atomic E-state index is -0.417. The molecule has 0 saturated heterocycles. The number of benzene rings is 1. The first-order chi connectivity index (χ1) is 14.5. The van der Waals surface area contributed by atoms with Crippen molar-refractivity contribution in [1.82, 2.24) is 20.8 Å². The first kappa shape index (κ1) is 19.5. The van der Waals surface area contributed by atoms with Gasteiger partial charge in [0.25, 0.3) is 5.22 Å². The Kier molecular flexibility index (Phi) is 5.00. The zero-order valence-corrected chi connectivity index (χ0v) is 17.2. The van der Waals surface area contributed by atoms with Crippen LogP contribution in [0.5, 0.6) is 0 Å². The van der Waals surface area contributed by atoms with Crippen molar-refractivity contribution in [2.75, 3.05) is 5.75 Å². The molecule has 0 unspecified atom stereocenters. The summed E-state index contributed by atoms with van der Waals surface area (Å²) in [5, 5.41) is 13.6. The summed E-state index contributed by atoms with van der Waals surface area (Å²) in [7, 11) is 0. The fraction of sp³-hybridized carbons (Fsp3) is 0.524. The molecule has 4 fully saturated rings. The van der Waals surface area contributed by atoms with Crippen LogP contribution in [0.1, 0.15) is 38.5 Å². The van der Waals surface area contributed by atoms with E-state index in [1.165, 1.54) is 31.4 Å². The third-order valence-electron chi connectivity index (χ3n) is 6.49. The Morgan fingerprint density at radius 2 is 1.70 bits per heavy atom. The number of nitrogens with zero attached hydrogens (tertiary/aromatic N) is 2. The third-order valence-corrected chi connectivity index (χ3v) is 7.31. The monoisotopic (exact) mass is 430 g/mol. The number of thioether (sulfide) groups is 1. The van der Waals surface area contributed by atoms with Gasteiger partial charge in [-0.3, -0.25) is 10.1 Å². The fourth-order valence-corrected chi connectivity index (χ4v) is 6.37. The Morgan fingerprint density at radius 1 is 1.07 bits per heavy atom. The standard InChI is InChI=1S/C21H23FN4O3S/c22-16-3-1-15(2-4-16)18-25-26-20(29-18)30-11-17(27)23-19(28)24-21-8-12-5-13(9-21)7-14(6-12)10-21/h1-4,12-14H,5-11H2,(H2,23,24,27,28). The fourth-order valence-electron chi connectivity index (χ4n) is 5.80. The van der Waals surface area contributed by atoms with E-state index in [1.54, 1.807) is 12.1 Å². The number of nitrogens with one attached hydrogen (secondary N) is 2. The van der Waals surface area contributed by atoms with Gasteiger partial charge in [0.1, 0.15) is 5.82 Å². The molecule has 9 heteroatoms. The van der Waals surface area contributed by atoms with Gasteiger partial charge < -0.3 is 9.73 Å². The van der Waals surface area contributed by atoms with E-state index in [4.69, 9.17) is 4.42 Å². The molecule has 4 bridgehead atoms. The van der Waals surface area contributed by atoms with Crippen LogP contribution in [0, 0.1) is 23.6 Å². The molecule has 2 N–H and O–H groups in total. The summed E-state index contributed by atoms with van der Waals surface area (Å²) < 4.78 is 18.5. The number of urea groups is 1. The van der Waals surface area contributed by atoms with Crippen molar-refractivity contribution in [3.8, 4) is 11.5 Å². The molecule has 4 saturated carbocycles. The third kappa shape index (κ3) is 4.08. The summed E-state index contributed by atoms with van der Waals surface area (Å²) in [5.41, 5.74) is 0.457. The topological polar surface area (TPSA) is 97.1 Å². The molecular formula is C21H23FN4O3S. The quantitative estimate of drug-likeness (QED) is 0.701. The van der Waals surface area contributed by atoms with Gasteiger partial charge in [-0.25, -0.2) is 9.18 Å².